The van der Waals surface area contributed by atoms with Crippen LogP contribution >= 0.6 is 0 Å². The van der Waals surface area contributed by atoms with Crippen molar-refractivity contribution >= 4 is 47.8 Å². The number of carbonyl (C=O) groups is 8. The van der Waals surface area contributed by atoms with Gasteiger partial charge in [-0.05, 0) is 102 Å². The largest absolute Gasteiger partial charge is 0.534 e. The minimum absolute atomic E-state index is 0.0462. The van der Waals surface area contributed by atoms with E-state index >= 15 is 0 Å². The number of carbonyl (C=O) groups excluding carboxylic acids is 8. The Kier molecular flexibility index (Phi) is 26.6. The van der Waals surface area contributed by atoms with Crippen LogP contribution in [0.1, 0.15) is 134 Å². The number of nitrogens with zero attached hydrogens (tertiary/aromatic N) is 1. The number of esters is 4. The molecule has 3 amide bonds. The second kappa shape index (κ2) is 29.4. The summed E-state index contributed by atoms with van der Waals surface area (Å²) in [5.41, 5.74) is 1.81. The molecule has 0 spiro atoms. The first-order valence-corrected chi connectivity index (χ1v) is 22.8. The van der Waals surface area contributed by atoms with Crippen molar-refractivity contribution in [1.29, 1.82) is 0 Å². The molecule has 21 nitrogen and oxygen atoms in total. The topological polar surface area (TPSA) is 267 Å². The van der Waals surface area contributed by atoms with Crippen LogP contribution in [0.15, 0.2) is 0 Å². The van der Waals surface area contributed by atoms with Crippen LogP contribution in [0.4, 0.5) is 4.79 Å². The van der Waals surface area contributed by atoms with Gasteiger partial charge in [0.15, 0.2) is 6.10 Å². The van der Waals surface area contributed by atoms with Crippen molar-refractivity contribution < 1.29 is 90.6 Å². The van der Waals surface area contributed by atoms with E-state index in [9.17, 15) is 38.4 Å². The number of ether oxygens (including phenoxy) is 10. The number of amides is 3. The number of nitrogens with two attached hydrogens (primary N) is 1. The number of piperidine rings is 1. The van der Waals surface area contributed by atoms with Crippen LogP contribution in [0.25, 0.3) is 0 Å². The van der Waals surface area contributed by atoms with E-state index in [4.69, 9.17) is 53.1 Å². The third-order valence-electron chi connectivity index (χ3n) is 9.23. The maximum absolute atomic E-state index is 12.8. The lowest BCUT2D eigenvalue weighted by Crippen LogP contribution is -2.56. The summed E-state index contributed by atoms with van der Waals surface area (Å²) in [6, 6.07) is 0. The molecule has 0 aromatic rings. The van der Waals surface area contributed by atoms with Gasteiger partial charge in [0, 0.05) is 25.9 Å². The summed E-state index contributed by atoms with van der Waals surface area (Å²) >= 11 is 0. The normalized spacial score (nSPS) is 19.1. The predicted octanol–water partition coefficient (Wildman–Crippen LogP) is 4.90. The molecule has 0 bridgehead atoms. The number of imide groups is 1. The molecule has 0 aliphatic carbocycles. The zero-order valence-electron chi connectivity index (χ0n) is 41.8. The Labute approximate surface area is 395 Å². The average Bonchev–Trinajstić information content (AvgIpc) is 3.20. The number of unbranched alkanes of at least 4 members (excludes halogenated alkanes) is 2. The van der Waals surface area contributed by atoms with Crippen molar-refractivity contribution in [1.82, 2.24) is 5.06 Å². The standard InChI is InChI=1S/C26H44O9.C20H34N2O10/c1-23(2,3)19(27)31-14-16-18(35-22(30)26(10,11)12)15(33-20(28)24(4,5)6)13-17(32-16)34-21(29)25(7,8)9;21-17(23)5-2-1-3-8-27-9-10-28-11-12-29-13-14-30-15-16-31-20(26)32-22-18(24)6-4-7-19(22)25/h15-18H,13-14H2,1-12H3;1-16H2,(H2,21,23)/t15-,16-,17?,18-;/m1./s1. The van der Waals surface area contributed by atoms with E-state index in [2.05, 4.69) is 4.84 Å². The second-order valence-corrected chi connectivity index (χ2v) is 20.0. The Morgan fingerprint density at radius 3 is 1.49 bits per heavy atom. The Morgan fingerprint density at radius 2 is 1.01 bits per heavy atom. The van der Waals surface area contributed by atoms with Crippen molar-refractivity contribution in [2.24, 2.45) is 27.4 Å². The first-order valence-electron chi connectivity index (χ1n) is 22.8. The van der Waals surface area contributed by atoms with Crippen LogP contribution in [0.5, 0.6) is 0 Å². The molecular weight excluding hydrogens is 885 g/mol. The zero-order valence-corrected chi connectivity index (χ0v) is 41.8. The van der Waals surface area contributed by atoms with E-state index in [-0.39, 0.29) is 45.0 Å². The molecule has 0 radical (unpaired) electrons. The predicted molar refractivity (Wildman–Crippen MR) is 237 cm³/mol. The summed E-state index contributed by atoms with van der Waals surface area (Å²) in [6.45, 7) is 23.3. The van der Waals surface area contributed by atoms with Gasteiger partial charge in [-0.25, -0.2) is 4.79 Å². The van der Waals surface area contributed by atoms with E-state index < -0.39 is 88.1 Å². The smallest absolute Gasteiger partial charge is 0.462 e. The molecule has 2 rings (SSSR count). The molecule has 0 aromatic carbocycles. The van der Waals surface area contributed by atoms with Gasteiger partial charge in [-0.2, -0.15) is 0 Å². The Hall–Kier alpha value is -4.44. The molecule has 0 saturated carbocycles. The fraction of sp³-hybridized carbons (Fsp3) is 0.826. The van der Waals surface area contributed by atoms with Crippen molar-refractivity contribution in [3.05, 3.63) is 0 Å². The highest BCUT2D eigenvalue weighted by Gasteiger charge is 2.48. The fourth-order valence-corrected chi connectivity index (χ4v) is 5.21. The third kappa shape index (κ3) is 26.0. The van der Waals surface area contributed by atoms with Gasteiger partial charge >= 0.3 is 30.0 Å². The molecule has 21 heteroatoms. The molecule has 2 heterocycles. The van der Waals surface area contributed by atoms with Crippen LogP contribution in [-0.4, -0.2) is 143 Å². The van der Waals surface area contributed by atoms with Crippen molar-refractivity contribution in [3.63, 3.8) is 0 Å². The first kappa shape index (κ1) is 60.6. The summed E-state index contributed by atoms with van der Waals surface area (Å²) in [6.07, 6.45) is -1.60. The summed E-state index contributed by atoms with van der Waals surface area (Å²) in [5, 5.41) is 0.448. The van der Waals surface area contributed by atoms with Crippen LogP contribution in [0.3, 0.4) is 0 Å². The lowest BCUT2D eigenvalue weighted by Gasteiger charge is -2.41. The maximum atomic E-state index is 12.8. The van der Waals surface area contributed by atoms with Gasteiger partial charge < -0.3 is 53.1 Å². The lowest BCUT2D eigenvalue weighted by molar-refractivity contribution is -0.267. The van der Waals surface area contributed by atoms with E-state index in [1.54, 1.807) is 83.1 Å². The van der Waals surface area contributed by atoms with Crippen LogP contribution < -0.4 is 5.73 Å². The fourth-order valence-electron chi connectivity index (χ4n) is 5.21. The maximum Gasteiger partial charge on any atom is 0.534 e. The third-order valence-corrected chi connectivity index (χ3v) is 9.23. The molecule has 67 heavy (non-hydrogen) atoms. The monoisotopic (exact) mass is 963 g/mol. The number of hydroxylamine groups is 2. The Balaban J connectivity index is 0.000000673. The van der Waals surface area contributed by atoms with Crippen LogP contribution in [0, 0.1) is 21.7 Å². The summed E-state index contributed by atoms with van der Waals surface area (Å²) in [7, 11) is 0. The average molecular weight is 963 g/mol. The van der Waals surface area contributed by atoms with Crippen LogP contribution in [0.2, 0.25) is 0 Å². The molecule has 2 aliphatic rings. The van der Waals surface area contributed by atoms with Gasteiger partial charge in [0.1, 0.15) is 25.4 Å². The van der Waals surface area contributed by atoms with Gasteiger partial charge in [0.05, 0.1) is 74.3 Å². The molecular formula is C46H78N2O19. The highest BCUT2D eigenvalue weighted by atomic mass is 16.8. The molecule has 386 valence electrons. The summed E-state index contributed by atoms with van der Waals surface area (Å²) in [5.74, 6) is -3.45. The second-order valence-electron chi connectivity index (χ2n) is 20.0. The van der Waals surface area contributed by atoms with E-state index in [1.807, 2.05) is 0 Å². The van der Waals surface area contributed by atoms with E-state index in [0.717, 1.165) is 19.3 Å². The molecule has 0 aromatic heterocycles. The van der Waals surface area contributed by atoms with Gasteiger partial charge in [-0.3, -0.25) is 38.4 Å². The molecule has 2 saturated heterocycles. The molecule has 2 aliphatic heterocycles. The minimum Gasteiger partial charge on any atom is -0.462 e. The summed E-state index contributed by atoms with van der Waals surface area (Å²) in [4.78, 5) is 100. The molecule has 1 unspecified atom stereocenters. The zero-order chi connectivity index (χ0) is 51.0. The number of primary amides is 1. The quantitative estimate of drug-likeness (QED) is 0.0583. The SMILES string of the molecule is CC(C)(C)C(=O)OC[C@H]1OC(OC(=O)C(C)(C)C)C[C@@H](OC(=O)C(C)(C)C)[C@H]1OC(=O)C(C)(C)C.NC(=O)CCCCCOCCOCCOCCOCCOC(=O)ON1C(=O)CCCC1=O. The van der Waals surface area contributed by atoms with E-state index in [0.29, 0.717) is 64.2 Å². The van der Waals surface area contributed by atoms with Gasteiger partial charge in [-0.1, -0.05) is 11.5 Å². The first-order chi connectivity index (χ1) is 31.0. The molecule has 2 N–H and O–H groups in total. The molecule has 2 fully saturated rings. The van der Waals surface area contributed by atoms with Gasteiger partial charge in [0.25, 0.3) is 11.8 Å². The molecule has 4 atom stereocenters. The highest BCUT2D eigenvalue weighted by molar-refractivity contribution is 5.97. The van der Waals surface area contributed by atoms with Crippen molar-refractivity contribution in [3.8, 4) is 0 Å². The van der Waals surface area contributed by atoms with E-state index in [1.165, 1.54) is 0 Å². The lowest BCUT2D eigenvalue weighted by atomic mass is 9.94. The van der Waals surface area contributed by atoms with Crippen LogP contribution in [-0.2, 0) is 85.8 Å². The van der Waals surface area contributed by atoms with Crippen molar-refractivity contribution in [2.45, 2.75) is 159 Å². The summed E-state index contributed by atoms with van der Waals surface area (Å²) < 4.78 is 54.6. The highest BCUT2D eigenvalue weighted by Crippen LogP contribution is 2.32. The minimum atomic E-state index is -1.13. The Bertz CT molecular complexity index is 1570. The number of hydrogen-bond donors (Lipinski definition) is 1. The number of rotatable bonds is 24. The van der Waals surface area contributed by atoms with Gasteiger partial charge in [-0.15, -0.1) is 0 Å². The van der Waals surface area contributed by atoms with Crippen molar-refractivity contribution in [2.75, 3.05) is 66.1 Å². The van der Waals surface area contributed by atoms with Gasteiger partial charge in [0.2, 0.25) is 12.2 Å². The number of hydrogen-bond acceptors (Lipinski definition) is 19. The Morgan fingerprint density at radius 1 is 0.567 bits per heavy atom.